The lowest BCUT2D eigenvalue weighted by Crippen LogP contribution is -2.47. The summed E-state index contributed by atoms with van der Waals surface area (Å²) in [5, 5.41) is 14.6. The predicted molar refractivity (Wildman–Crippen MR) is 123 cm³/mol. The maximum atomic E-state index is 12.4. The van der Waals surface area contributed by atoms with E-state index in [0.717, 1.165) is 11.1 Å². The number of nitrogens with one attached hydrogen (secondary N) is 2. The van der Waals surface area contributed by atoms with E-state index >= 15 is 0 Å². The van der Waals surface area contributed by atoms with Crippen LogP contribution < -0.4 is 10.6 Å². The smallest absolute Gasteiger partial charge is 0.407 e. The van der Waals surface area contributed by atoms with Crippen LogP contribution in [0.1, 0.15) is 23.5 Å². The van der Waals surface area contributed by atoms with Crippen LogP contribution in [-0.2, 0) is 14.3 Å². The third kappa shape index (κ3) is 5.17. The highest BCUT2D eigenvalue weighted by Gasteiger charge is 2.44. The number of carboxylic acid groups (broad SMARTS) is 1. The molecule has 8 heteroatoms. The average molecular weight is 452 g/mol. The molecule has 2 aliphatic carbocycles. The maximum Gasteiger partial charge on any atom is 0.407 e. The van der Waals surface area contributed by atoms with Crippen LogP contribution in [0.15, 0.2) is 48.5 Å². The summed E-state index contributed by atoms with van der Waals surface area (Å²) < 4.78 is 5.52. The number of carbonyl (C=O) groups excluding carboxylic acids is 2. The van der Waals surface area contributed by atoms with Gasteiger partial charge in [-0.3, -0.25) is 4.79 Å². The zero-order valence-electron chi connectivity index (χ0n) is 18.8. The number of likely N-dealkylation sites (N-methyl/N-ethyl adjacent to an activating group) is 1. The van der Waals surface area contributed by atoms with Crippen LogP contribution in [0, 0.1) is 11.8 Å². The number of carbonyl (C=O) groups is 3. The molecule has 0 bridgehead atoms. The van der Waals surface area contributed by atoms with E-state index in [0.29, 0.717) is 13.0 Å². The number of alkyl carbamates (subject to hydrolysis) is 1. The van der Waals surface area contributed by atoms with Gasteiger partial charge in [0.25, 0.3) is 0 Å². The largest absolute Gasteiger partial charge is 0.480 e. The average Bonchev–Trinajstić information content (AvgIpc) is 3.51. The number of amides is 2. The van der Waals surface area contributed by atoms with E-state index < -0.39 is 18.1 Å². The standard InChI is InChI=1S/C25H29N3O5/c1-28(2)13-22(24(30)31)27-23(29)20-11-15(20)12-26-25(32)33-14-21-18-9-5-3-7-16(18)17-8-4-6-10-19(17)21/h3-10,15,20-22H,11-14H2,1-2H3,(H,26,32)(H,27,29)(H,30,31)/t15-,20-,22?/m0/s1. The van der Waals surface area contributed by atoms with E-state index in [2.05, 4.69) is 34.9 Å². The van der Waals surface area contributed by atoms with Crippen LogP contribution in [0.3, 0.4) is 0 Å². The maximum absolute atomic E-state index is 12.4. The highest BCUT2D eigenvalue weighted by atomic mass is 16.5. The molecule has 0 saturated heterocycles. The van der Waals surface area contributed by atoms with Crippen molar-refractivity contribution in [3.63, 3.8) is 0 Å². The van der Waals surface area contributed by atoms with Gasteiger partial charge in [-0.2, -0.15) is 0 Å². The molecule has 2 amide bonds. The van der Waals surface area contributed by atoms with Crippen molar-refractivity contribution in [1.82, 2.24) is 15.5 Å². The van der Waals surface area contributed by atoms with Gasteiger partial charge in [-0.15, -0.1) is 0 Å². The monoisotopic (exact) mass is 451 g/mol. The van der Waals surface area contributed by atoms with E-state index in [9.17, 15) is 19.5 Å². The molecular weight excluding hydrogens is 422 g/mol. The fourth-order valence-electron chi connectivity index (χ4n) is 4.49. The summed E-state index contributed by atoms with van der Waals surface area (Å²) in [5.41, 5.74) is 4.64. The van der Waals surface area contributed by atoms with Gasteiger partial charge in [-0.25, -0.2) is 9.59 Å². The molecule has 0 aromatic heterocycles. The zero-order valence-corrected chi connectivity index (χ0v) is 18.8. The minimum absolute atomic E-state index is 0.00718. The van der Waals surface area contributed by atoms with Gasteiger partial charge in [-0.05, 0) is 48.7 Å². The first-order chi connectivity index (χ1) is 15.8. The lowest BCUT2D eigenvalue weighted by atomic mass is 9.98. The van der Waals surface area contributed by atoms with E-state index in [1.165, 1.54) is 11.1 Å². The Morgan fingerprint density at radius 1 is 1.06 bits per heavy atom. The van der Waals surface area contributed by atoms with Crippen LogP contribution in [0.25, 0.3) is 11.1 Å². The molecule has 0 aliphatic heterocycles. The molecule has 0 spiro atoms. The van der Waals surface area contributed by atoms with Crippen molar-refractivity contribution in [2.75, 3.05) is 33.8 Å². The summed E-state index contributed by atoms with van der Waals surface area (Å²) in [5.74, 6) is -1.66. The molecule has 1 fully saturated rings. The minimum Gasteiger partial charge on any atom is -0.480 e. The number of hydrogen-bond acceptors (Lipinski definition) is 5. The SMILES string of the molecule is CN(C)CC(NC(=O)[C@H]1C[C@H]1CNC(=O)OCC1c2ccccc2-c2ccccc21)C(=O)O. The Labute approximate surface area is 192 Å². The molecule has 0 radical (unpaired) electrons. The second kappa shape index (κ2) is 9.62. The van der Waals surface area contributed by atoms with Crippen molar-refractivity contribution >= 4 is 18.0 Å². The van der Waals surface area contributed by atoms with Gasteiger partial charge >= 0.3 is 12.1 Å². The van der Waals surface area contributed by atoms with E-state index in [1.807, 2.05) is 24.3 Å². The fourth-order valence-corrected chi connectivity index (χ4v) is 4.49. The van der Waals surface area contributed by atoms with Crippen LogP contribution >= 0.6 is 0 Å². The van der Waals surface area contributed by atoms with Gasteiger partial charge < -0.3 is 25.4 Å². The fraction of sp³-hybridized carbons (Fsp3) is 0.400. The molecule has 8 nitrogen and oxygen atoms in total. The van der Waals surface area contributed by atoms with Gasteiger partial charge in [0.1, 0.15) is 12.6 Å². The Kier molecular flexibility index (Phi) is 6.65. The van der Waals surface area contributed by atoms with Crippen molar-refractivity contribution in [1.29, 1.82) is 0 Å². The second-order valence-corrected chi connectivity index (χ2v) is 8.97. The zero-order chi connectivity index (χ0) is 23.5. The molecule has 2 aromatic carbocycles. The normalized spacial score (nSPS) is 19.4. The first-order valence-electron chi connectivity index (χ1n) is 11.1. The summed E-state index contributed by atoms with van der Waals surface area (Å²) >= 11 is 0. The van der Waals surface area contributed by atoms with E-state index in [-0.39, 0.29) is 36.8 Å². The molecule has 4 rings (SSSR count). The van der Waals surface area contributed by atoms with Crippen molar-refractivity contribution in [2.24, 2.45) is 11.8 Å². The van der Waals surface area contributed by atoms with Crippen LogP contribution in [0.2, 0.25) is 0 Å². The van der Waals surface area contributed by atoms with E-state index in [4.69, 9.17) is 4.74 Å². The summed E-state index contributed by atoms with van der Waals surface area (Å²) in [6.07, 6.45) is 0.100. The van der Waals surface area contributed by atoms with Crippen molar-refractivity contribution in [3.05, 3.63) is 59.7 Å². The minimum atomic E-state index is -1.06. The summed E-state index contributed by atoms with van der Waals surface area (Å²) in [7, 11) is 3.50. The number of nitrogens with zero attached hydrogens (tertiary/aromatic N) is 1. The van der Waals surface area contributed by atoms with Gasteiger partial charge in [0.05, 0.1) is 0 Å². The third-order valence-electron chi connectivity index (χ3n) is 6.27. The van der Waals surface area contributed by atoms with Crippen molar-refractivity contribution in [3.8, 4) is 11.1 Å². The van der Waals surface area contributed by atoms with Crippen LogP contribution in [0.5, 0.6) is 0 Å². The molecule has 0 heterocycles. The Morgan fingerprint density at radius 2 is 1.67 bits per heavy atom. The number of benzene rings is 2. The first-order valence-corrected chi connectivity index (χ1v) is 11.1. The molecule has 3 atom stereocenters. The Hall–Kier alpha value is -3.39. The molecule has 174 valence electrons. The molecule has 2 aromatic rings. The lowest BCUT2D eigenvalue weighted by molar-refractivity contribution is -0.142. The van der Waals surface area contributed by atoms with Gasteiger partial charge in [-0.1, -0.05) is 48.5 Å². The van der Waals surface area contributed by atoms with Gasteiger partial charge in [0.2, 0.25) is 5.91 Å². The van der Waals surface area contributed by atoms with Crippen molar-refractivity contribution in [2.45, 2.75) is 18.4 Å². The highest BCUT2D eigenvalue weighted by Crippen LogP contribution is 2.44. The number of rotatable bonds is 9. The molecule has 3 N–H and O–H groups in total. The topological polar surface area (TPSA) is 108 Å². The van der Waals surface area contributed by atoms with Gasteiger partial charge in [0.15, 0.2) is 0 Å². The van der Waals surface area contributed by atoms with Crippen LogP contribution in [-0.4, -0.2) is 67.8 Å². The Bertz CT molecular complexity index is 1010. The quantitative estimate of drug-likeness (QED) is 0.540. The second-order valence-electron chi connectivity index (χ2n) is 8.97. The van der Waals surface area contributed by atoms with E-state index in [1.54, 1.807) is 19.0 Å². The van der Waals surface area contributed by atoms with Gasteiger partial charge in [0, 0.05) is 24.9 Å². The number of carboxylic acids is 1. The molecule has 33 heavy (non-hydrogen) atoms. The lowest BCUT2D eigenvalue weighted by Gasteiger charge is -2.18. The third-order valence-corrected chi connectivity index (χ3v) is 6.27. The van der Waals surface area contributed by atoms with Crippen molar-refractivity contribution < 1.29 is 24.2 Å². The molecule has 1 saturated carbocycles. The number of ether oxygens (including phenoxy) is 1. The Morgan fingerprint density at radius 3 is 2.24 bits per heavy atom. The molecular formula is C25H29N3O5. The summed E-state index contributed by atoms with van der Waals surface area (Å²) in [6.45, 7) is 0.774. The number of fused-ring (bicyclic) bond motifs is 3. The molecule has 1 unspecified atom stereocenters. The van der Waals surface area contributed by atoms with Crippen LogP contribution in [0.4, 0.5) is 4.79 Å². The molecule has 2 aliphatic rings. The first kappa shape index (κ1) is 22.8. The number of aliphatic carboxylic acids is 1. The predicted octanol–water partition coefficient (Wildman–Crippen LogP) is 2.29. The highest BCUT2D eigenvalue weighted by molar-refractivity contribution is 5.87. The summed E-state index contributed by atoms with van der Waals surface area (Å²) in [4.78, 5) is 37.7. The Balaban J connectivity index is 1.24. The summed E-state index contributed by atoms with van der Waals surface area (Å²) in [6, 6.07) is 15.3. The number of hydrogen-bond donors (Lipinski definition) is 3.